The highest BCUT2D eigenvalue weighted by Gasteiger charge is 2.19. The van der Waals surface area contributed by atoms with Gasteiger partial charge in [-0.25, -0.2) is 9.37 Å². The third-order valence-electron chi connectivity index (χ3n) is 5.71. The van der Waals surface area contributed by atoms with Crippen LogP contribution in [-0.4, -0.2) is 45.6 Å². The molecule has 0 spiro atoms. The summed E-state index contributed by atoms with van der Waals surface area (Å²) in [6.45, 7) is 0. The van der Waals surface area contributed by atoms with Gasteiger partial charge in [0.15, 0.2) is 27.6 Å². The van der Waals surface area contributed by atoms with Crippen LogP contribution in [0.3, 0.4) is 0 Å². The molecule has 198 valence electrons. The van der Waals surface area contributed by atoms with Crippen molar-refractivity contribution >= 4 is 34.1 Å². The number of hydrogen-bond acceptors (Lipinski definition) is 8. The van der Waals surface area contributed by atoms with Gasteiger partial charge in [-0.3, -0.25) is 9.36 Å². The van der Waals surface area contributed by atoms with E-state index in [4.69, 9.17) is 9.47 Å². The summed E-state index contributed by atoms with van der Waals surface area (Å²) >= 11 is 2.66. The molecule has 0 aliphatic heterocycles. The van der Waals surface area contributed by atoms with Crippen LogP contribution in [0.25, 0.3) is 17.1 Å². The van der Waals surface area contributed by atoms with Crippen molar-refractivity contribution in [2.45, 2.75) is 11.6 Å². The van der Waals surface area contributed by atoms with Crippen molar-refractivity contribution in [3.05, 3.63) is 95.3 Å². The lowest BCUT2D eigenvalue weighted by atomic mass is 10.1. The van der Waals surface area contributed by atoms with Crippen molar-refractivity contribution in [3.8, 4) is 28.6 Å². The average molecular weight is 562 g/mol. The smallest absolute Gasteiger partial charge is 0.236 e. The zero-order chi connectivity index (χ0) is 27.2. The maximum atomic E-state index is 13.2. The summed E-state index contributed by atoms with van der Waals surface area (Å²) in [7, 11) is 3.17. The lowest BCUT2D eigenvalue weighted by Gasteiger charge is -2.12. The molecule has 8 nitrogen and oxygen atoms in total. The highest BCUT2D eigenvalue weighted by Crippen LogP contribution is 2.34. The SMILES string of the molecule is COc1ccc(-c2nnc(SCC(=O)Nc3ncc(Cc4ccc(F)cc4)s3)n2-c2ccccc2)cc1OC. The van der Waals surface area contributed by atoms with Crippen molar-refractivity contribution in [3.63, 3.8) is 0 Å². The molecular formula is C28H24FN5O3S2. The van der Waals surface area contributed by atoms with Gasteiger partial charge < -0.3 is 14.8 Å². The van der Waals surface area contributed by atoms with Crippen LogP contribution in [0.5, 0.6) is 11.5 Å². The number of amides is 1. The van der Waals surface area contributed by atoms with E-state index in [2.05, 4.69) is 20.5 Å². The molecule has 0 radical (unpaired) electrons. The van der Waals surface area contributed by atoms with Crippen LogP contribution in [0.15, 0.2) is 84.1 Å². The lowest BCUT2D eigenvalue weighted by Crippen LogP contribution is -2.14. The Labute approximate surface area is 232 Å². The van der Waals surface area contributed by atoms with Crippen molar-refractivity contribution in [1.29, 1.82) is 0 Å². The van der Waals surface area contributed by atoms with E-state index in [1.54, 1.807) is 32.5 Å². The molecule has 11 heteroatoms. The molecule has 0 aliphatic rings. The quantitative estimate of drug-likeness (QED) is 0.213. The number of nitrogens with one attached hydrogen (secondary N) is 1. The molecule has 3 aromatic carbocycles. The Morgan fingerprint density at radius 2 is 1.77 bits per heavy atom. The van der Waals surface area contributed by atoms with Gasteiger partial charge in [-0.15, -0.1) is 21.5 Å². The molecule has 2 aromatic heterocycles. The molecule has 0 saturated heterocycles. The number of ether oxygens (including phenoxy) is 2. The number of carbonyl (C=O) groups excluding carboxylic acids is 1. The molecule has 39 heavy (non-hydrogen) atoms. The molecular weight excluding hydrogens is 537 g/mol. The van der Waals surface area contributed by atoms with Crippen LogP contribution in [0.1, 0.15) is 10.4 Å². The largest absolute Gasteiger partial charge is 0.493 e. The number of nitrogens with zero attached hydrogens (tertiary/aromatic N) is 4. The second kappa shape index (κ2) is 12.1. The van der Waals surface area contributed by atoms with Crippen molar-refractivity contribution in [2.75, 3.05) is 25.3 Å². The Balaban J connectivity index is 1.31. The number of rotatable bonds is 10. The van der Waals surface area contributed by atoms with Crippen LogP contribution < -0.4 is 14.8 Å². The maximum absolute atomic E-state index is 13.2. The number of carbonyl (C=O) groups is 1. The highest BCUT2D eigenvalue weighted by atomic mass is 32.2. The van der Waals surface area contributed by atoms with Gasteiger partial charge in [0.1, 0.15) is 5.82 Å². The number of aromatic nitrogens is 4. The van der Waals surface area contributed by atoms with E-state index >= 15 is 0 Å². The van der Waals surface area contributed by atoms with E-state index in [-0.39, 0.29) is 17.5 Å². The Hall–Kier alpha value is -4.22. The number of benzene rings is 3. The molecule has 2 heterocycles. The van der Waals surface area contributed by atoms with Crippen molar-refractivity contribution < 1.29 is 18.7 Å². The number of methoxy groups -OCH3 is 2. The summed E-state index contributed by atoms with van der Waals surface area (Å²) in [5, 5.41) is 12.7. The van der Waals surface area contributed by atoms with E-state index < -0.39 is 0 Å². The molecule has 0 unspecified atom stereocenters. The summed E-state index contributed by atoms with van der Waals surface area (Å²) in [4.78, 5) is 18.1. The summed E-state index contributed by atoms with van der Waals surface area (Å²) in [5.74, 6) is 1.43. The molecule has 0 fully saturated rings. The third kappa shape index (κ3) is 6.27. The van der Waals surface area contributed by atoms with Crippen molar-refractivity contribution in [2.24, 2.45) is 0 Å². The van der Waals surface area contributed by atoms with Crippen LogP contribution in [0.4, 0.5) is 9.52 Å². The predicted molar refractivity (Wildman–Crippen MR) is 151 cm³/mol. The zero-order valence-electron chi connectivity index (χ0n) is 21.1. The number of thioether (sulfide) groups is 1. The fourth-order valence-electron chi connectivity index (χ4n) is 3.87. The minimum atomic E-state index is -0.271. The molecule has 1 amide bonds. The number of anilines is 1. The summed E-state index contributed by atoms with van der Waals surface area (Å²) < 4.78 is 25.9. The standard InChI is InChI=1S/C28H24FN5O3S2/c1-36-23-13-10-19(15-24(23)37-2)26-32-33-28(34(26)21-6-4-3-5-7-21)38-17-25(35)31-27-30-16-22(39-27)14-18-8-11-20(29)12-9-18/h3-13,15-16H,14,17H2,1-2H3,(H,30,31,35). The van der Waals surface area contributed by atoms with Gasteiger partial charge in [0.25, 0.3) is 0 Å². The topological polar surface area (TPSA) is 91.2 Å². The minimum Gasteiger partial charge on any atom is -0.493 e. The van der Waals surface area contributed by atoms with Gasteiger partial charge in [0.05, 0.1) is 20.0 Å². The Bertz CT molecular complexity index is 1570. The number of para-hydroxylation sites is 1. The van der Waals surface area contributed by atoms with E-state index in [0.717, 1.165) is 21.7 Å². The molecule has 5 aromatic rings. The van der Waals surface area contributed by atoms with Crippen LogP contribution >= 0.6 is 23.1 Å². The fraction of sp³-hybridized carbons (Fsp3) is 0.143. The Morgan fingerprint density at radius 3 is 2.51 bits per heavy atom. The summed E-state index contributed by atoms with van der Waals surface area (Å²) in [6, 6.07) is 21.6. The molecule has 0 saturated carbocycles. The normalized spacial score (nSPS) is 10.8. The van der Waals surface area contributed by atoms with Crippen LogP contribution in [0.2, 0.25) is 0 Å². The molecule has 0 bridgehead atoms. The van der Waals surface area contributed by atoms with Gasteiger partial charge in [0.2, 0.25) is 5.91 Å². The minimum absolute atomic E-state index is 0.115. The number of thiazole rings is 1. The van der Waals surface area contributed by atoms with E-state index in [1.807, 2.05) is 53.1 Å². The number of halogens is 1. The van der Waals surface area contributed by atoms with Gasteiger partial charge in [0, 0.05) is 28.7 Å². The second-order valence-electron chi connectivity index (χ2n) is 8.32. The van der Waals surface area contributed by atoms with Gasteiger partial charge >= 0.3 is 0 Å². The monoisotopic (exact) mass is 561 g/mol. The lowest BCUT2D eigenvalue weighted by molar-refractivity contribution is -0.113. The van der Waals surface area contributed by atoms with Gasteiger partial charge in [-0.1, -0.05) is 42.1 Å². The van der Waals surface area contributed by atoms with E-state index in [9.17, 15) is 9.18 Å². The molecule has 0 aliphatic carbocycles. The van der Waals surface area contributed by atoms with E-state index in [0.29, 0.717) is 34.0 Å². The average Bonchev–Trinajstić information content (AvgIpc) is 3.60. The summed E-state index contributed by atoms with van der Waals surface area (Å²) in [5.41, 5.74) is 2.62. The predicted octanol–water partition coefficient (Wildman–Crippen LogP) is 5.87. The second-order valence-corrected chi connectivity index (χ2v) is 10.4. The first-order valence-corrected chi connectivity index (χ1v) is 13.7. The third-order valence-corrected chi connectivity index (χ3v) is 7.56. The zero-order valence-corrected chi connectivity index (χ0v) is 22.8. The van der Waals surface area contributed by atoms with Gasteiger partial charge in [-0.2, -0.15) is 0 Å². The van der Waals surface area contributed by atoms with Crippen molar-refractivity contribution in [1.82, 2.24) is 19.7 Å². The molecule has 1 N–H and O–H groups in total. The molecule has 5 rings (SSSR count). The Kier molecular flexibility index (Phi) is 8.18. The highest BCUT2D eigenvalue weighted by molar-refractivity contribution is 7.99. The summed E-state index contributed by atoms with van der Waals surface area (Å²) in [6.07, 6.45) is 2.33. The van der Waals surface area contributed by atoms with Crippen LogP contribution in [0, 0.1) is 5.82 Å². The first-order valence-electron chi connectivity index (χ1n) is 11.9. The molecule has 0 atom stereocenters. The number of hydrogen-bond donors (Lipinski definition) is 1. The van der Waals surface area contributed by atoms with Gasteiger partial charge in [-0.05, 0) is 48.0 Å². The first kappa shape index (κ1) is 26.4. The maximum Gasteiger partial charge on any atom is 0.236 e. The first-order chi connectivity index (χ1) is 19.0. The van der Waals surface area contributed by atoms with Crippen LogP contribution in [-0.2, 0) is 11.2 Å². The Morgan fingerprint density at radius 1 is 1.00 bits per heavy atom. The fourth-order valence-corrected chi connectivity index (χ4v) is 5.49. The van der Waals surface area contributed by atoms with E-state index in [1.165, 1.54) is 35.2 Å².